The van der Waals surface area contributed by atoms with E-state index in [2.05, 4.69) is 5.32 Å². The van der Waals surface area contributed by atoms with Gasteiger partial charge in [0.2, 0.25) is 5.91 Å². The first kappa shape index (κ1) is 29.4. The molecule has 0 aromatic heterocycles. The highest BCUT2D eigenvalue weighted by molar-refractivity contribution is 7.92. The average molecular weight is 559 g/mol. The lowest BCUT2D eigenvalue weighted by atomic mass is 10.0. The first-order valence-electron chi connectivity index (χ1n) is 12.1. The molecule has 0 bridgehead atoms. The van der Waals surface area contributed by atoms with Crippen LogP contribution in [0.5, 0.6) is 28.7 Å². The van der Waals surface area contributed by atoms with Crippen LogP contribution in [0.25, 0.3) is 0 Å². The van der Waals surface area contributed by atoms with E-state index in [0.717, 1.165) is 9.87 Å². The number of nitrogens with one attached hydrogen (secondary N) is 1. The molecule has 0 spiro atoms. The summed E-state index contributed by atoms with van der Waals surface area (Å²) in [6.45, 7) is 1.41. The number of sulfonamides is 1. The highest BCUT2D eigenvalue weighted by Gasteiger charge is 2.31. The molecule has 3 rings (SSSR count). The Labute approximate surface area is 229 Å². The number of rotatable bonds is 13. The molecule has 0 heterocycles. The second kappa shape index (κ2) is 13.1. The van der Waals surface area contributed by atoms with Crippen molar-refractivity contribution in [3.8, 4) is 28.7 Å². The maximum Gasteiger partial charge on any atom is 0.265 e. The molecule has 0 aliphatic rings. The highest BCUT2D eigenvalue weighted by atomic mass is 32.2. The molecule has 1 amide bonds. The topological polar surface area (TPSA) is 113 Å². The molecule has 0 aliphatic heterocycles. The zero-order valence-corrected chi connectivity index (χ0v) is 23.7. The van der Waals surface area contributed by atoms with Crippen LogP contribution in [0, 0.1) is 0 Å². The van der Waals surface area contributed by atoms with Crippen molar-refractivity contribution < 1.29 is 36.9 Å². The third-order valence-corrected chi connectivity index (χ3v) is 7.90. The Hall–Kier alpha value is -4.12. The summed E-state index contributed by atoms with van der Waals surface area (Å²) in [6.07, 6.45) is 0.586. The molecule has 1 atom stereocenters. The normalized spacial score (nSPS) is 11.7. The van der Waals surface area contributed by atoms with E-state index in [0.29, 0.717) is 23.7 Å². The van der Waals surface area contributed by atoms with E-state index >= 15 is 0 Å². The number of hydrogen-bond acceptors (Lipinski definition) is 8. The molecule has 39 heavy (non-hydrogen) atoms. The van der Waals surface area contributed by atoms with Gasteiger partial charge in [0.25, 0.3) is 10.0 Å². The number of amides is 1. The first-order chi connectivity index (χ1) is 18.7. The van der Waals surface area contributed by atoms with Crippen molar-refractivity contribution >= 4 is 21.6 Å². The van der Waals surface area contributed by atoms with E-state index in [1.807, 2.05) is 19.1 Å². The van der Waals surface area contributed by atoms with Crippen LogP contribution in [0.3, 0.4) is 0 Å². The van der Waals surface area contributed by atoms with Gasteiger partial charge in [-0.25, -0.2) is 8.42 Å². The Morgan fingerprint density at radius 1 is 0.769 bits per heavy atom. The molecule has 0 unspecified atom stereocenters. The number of hydrogen-bond donors (Lipinski definition) is 1. The maximum absolute atomic E-state index is 14.0. The molecule has 11 heteroatoms. The minimum atomic E-state index is -4.30. The number of nitrogens with zero attached hydrogens (tertiary/aromatic N) is 1. The monoisotopic (exact) mass is 558 g/mol. The van der Waals surface area contributed by atoms with Crippen LogP contribution in [0.15, 0.2) is 65.6 Å². The number of anilines is 1. The molecular weight excluding hydrogens is 524 g/mol. The molecule has 0 aliphatic carbocycles. The molecule has 10 nitrogen and oxygen atoms in total. The number of carbonyl (C=O) groups excluding carboxylic acids is 1. The number of ether oxygens (including phenoxy) is 5. The van der Waals surface area contributed by atoms with E-state index in [1.165, 1.54) is 52.7 Å². The van der Waals surface area contributed by atoms with E-state index < -0.39 is 22.5 Å². The quantitative estimate of drug-likeness (QED) is 0.332. The summed E-state index contributed by atoms with van der Waals surface area (Å²) in [5.41, 5.74) is 0.999. The van der Waals surface area contributed by atoms with Gasteiger partial charge >= 0.3 is 0 Å². The van der Waals surface area contributed by atoms with Gasteiger partial charge in [-0.05, 0) is 48.4 Å². The van der Waals surface area contributed by atoms with Gasteiger partial charge in [0.1, 0.15) is 23.8 Å². The van der Waals surface area contributed by atoms with Gasteiger partial charge in [0.05, 0.1) is 52.2 Å². The van der Waals surface area contributed by atoms with Gasteiger partial charge in [-0.1, -0.05) is 19.1 Å². The summed E-state index contributed by atoms with van der Waals surface area (Å²) >= 11 is 0. The Morgan fingerprint density at radius 2 is 1.36 bits per heavy atom. The largest absolute Gasteiger partial charge is 0.497 e. The number of benzene rings is 3. The predicted octanol–water partition coefficient (Wildman–Crippen LogP) is 4.19. The van der Waals surface area contributed by atoms with Crippen molar-refractivity contribution in [1.82, 2.24) is 5.32 Å². The van der Waals surface area contributed by atoms with E-state index in [9.17, 15) is 13.2 Å². The zero-order chi connectivity index (χ0) is 28.6. The summed E-state index contributed by atoms with van der Waals surface area (Å²) in [5, 5.41) is 2.95. The molecular formula is C28H34N2O8S. The second-order valence-electron chi connectivity index (χ2n) is 8.37. The number of carbonyl (C=O) groups is 1. The van der Waals surface area contributed by atoms with Crippen molar-refractivity contribution in [3.63, 3.8) is 0 Å². The molecule has 3 aromatic carbocycles. The van der Waals surface area contributed by atoms with Crippen LogP contribution in [-0.2, 0) is 14.8 Å². The lowest BCUT2D eigenvalue weighted by molar-refractivity contribution is -0.120. The van der Waals surface area contributed by atoms with Crippen molar-refractivity contribution in [1.29, 1.82) is 0 Å². The Kier molecular flexibility index (Phi) is 9.89. The van der Waals surface area contributed by atoms with Crippen LogP contribution in [0.1, 0.15) is 24.9 Å². The molecule has 0 saturated heterocycles. The van der Waals surface area contributed by atoms with E-state index in [4.69, 9.17) is 23.7 Å². The summed E-state index contributed by atoms with van der Waals surface area (Å²) in [4.78, 5) is 13.3. The Bertz CT molecular complexity index is 1380. The van der Waals surface area contributed by atoms with Gasteiger partial charge in [-0.15, -0.1) is 0 Å². The summed E-state index contributed by atoms with van der Waals surface area (Å²) < 4.78 is 55.6. The fraction of sp³-hybridized carbons (Fsp3) is 0.321. The fourth-order valence-electron chi connectivity index (χ4n) is 4.02. The molecule has 0 saturated carbocycles. The van der Waals surface area contributed by atoms with Crippen LogP contribution in [0.2, 0.25) is 0 Å². The molecule has 1 N–H and O–H groups in total. The lowest BCUT2D eigenvalue weighted by Gasteiger charge is -2.27. The van der Waals surface area contributed by atoms with Gasteiger partial charge < -0.3 is 29.0 Å². The molecule has 0 radical (unpaired) electrons. The van der Waals surface area contributed by atoms with Gasteiger partial charge in [-0.3, -0.25) is 9.10 Å². The van der Waals surface area contributed by atoms with Crippen molar-refractivity contribution in [3.05, 3.63) is 66.2 Å². The number of methoxy groups -OCH3 is 5. The average Bonchev–Trinajstić information content (AvgIpc) is 2.97. The minimum Gasteiger partial charge on any atom is -0.497 e. The molecule has 3 aromatic rings. The standard InChI is InChI=1S/C28H34N2O8S/c1-7-23(19-8-10-20(34-2)11-9-19)29-28(31)18-30(24-16-21(35-3)12-14-25(24)36-4)39(32,33)22-13-15-26(37-5)27(17-22)38-6/h8-17,23H,7,18H2,1-6H3,(H,29,31)/t23-/m1/s1. The lowest BCUT2D eigenvalue weighted by Crippen LogP contribution is -2.42. The first-order valence-corrected chi connectivity index (χ1v) is 13.6. The zero-order valence-electron chi connectivity index (χ0n) is 22.9. The van der Waals surface area contributed by atoms with Gasteiger partial charge in [0.15, 0.2) is 11.5 Å². The highest BCUT2D eigenvalue weighted by Crippen LogP contribution is 2.37. The van der Waals surface area contributed by atoms with Crippen LogP contribution in [-0.4, -0.2) is 56.4 Å². The van der Waals surface area contributed by atoms with Crippen molar-refractivity contribution in [2.24, 2.45) is 0 Å². The maximum atomic E-state index is 14.0. The van der Waals surface area contributed by atoms with Crippen molar-refractivity contribution in [2.75, 3.05) is 46.4 Å². The van der Waals surface area contributed by atoms with Crippen LogP contribution < -0.4 is 33.3 Å². The molecule has 0 fully saturated rings. The SMILES string of the molecule is CC[C@@H](NC(=O)CN(c1cc(OC)ccc1OC)S(=O)(=O)c1ccc(OC)c(OC)c1)c1ccc(OC)cc1. The summed E-state index contributed by atoms with van der Waals surface area (Å²) in [5.74, 6) is 1.41. The fourth-order valence-corrected chi connectivity index (χ4v) is 5.46. The minimum absolute atomic E-state index is 0.0972. The van der Waals surface area contributed by atoms with Crippen molar-refractivity contribution in [2.45, 2.75) is 24.3 Å². The van der Waals surface area contributed by atoms with Gasteiger partial charge in [0, 0.05) is 12.1 Å². The van der Waals surface area contributed by atoms with Crippen LogP contribution >= 0.6 is 0 Å². The summed E-state index contributed by atoms with van der Waals surface area (Å²) in [6, 6.07) is 15.9. The van der Waals surface area contributed by atoms with Crippen LogP contribution in [0.4, 0.5) is 5.69 Å². The van der Waals surface area contributed by atoms with E-state index in [1.54, 1.807) is 31.4 Å². The Balaban J connectivity index is 2.04. The predicted molar refractivity (Wildman–Crippen MR) is 148 cm³/mol. The third-order valence-electron chi connectivity index (χ3n) is 6.15. The second-order valence-corrected chi connectivity index (χ2v) is 10.2. The molecule has 210 valence electrons. The Morgan fingerprint density at radius 3 is 1.92 bits per heavy atom. The van der Waals surface area contributed by atoms with Gasteiger partial charge in [-0.2, -0.15) is 0 Å². The van der Waals surface area contributed by atoms with E-state index in [-0.39, 0.29) is 28.1 Å². The third kappa shape index (κ3) is 6.66. The smallest absolute Gasteiger partial charge is 0.265 e. The summed E-state index contributed by atoms with van der Waals surface area (Å²) in [7, 11) is 3.03.